The van der Waals surface area contributed by atoms with Gasteiger partial charge in [-0.25, -0.2) is 4.68 Å². The molecule has 0 radical (unpaired) electrons. The lowest BCUT2D eigenvalue weighted by Crippen LogP contribution is -2.15. The normalized spacial score (nSPS) is 10.6. The molecule has 0 aliphatic heterocycles. The van der Waals surface area contributed by atoms with Crippen LogP contribution in [-0.4, -0.2) is 25.9 Å². The number of nitrogens with one attached hydrogen (secondary N) is 1. The molecule has 1 N–H and O–H groups in total. The van der Waals surface area contributed by atoms with Crippen molar-refractivity contribution in [1.82, 2.24) is 20.0 Å². The third-order valence-electron chi connectivity index (χ3n) is 3.45. The summed E-state index contributed by atoms with van der Waals surface area (Å²) < 4.78 is 1.88. The molecule has 7 heteroatoms. The van der Waals surface area contributed by atoms with Crippen LogP contribution in [0.25, 0.3) is 5.69 Å². The Hall–Kier alpha value is -2.73. The number of hydrogen-bond acceptors (Lipinski definition) is 4. The summed E-state index contributed by atoms with van der Waals surface area (Å²) in [5.41, 5.74) is 3.91. The molecule has 0 atom stereocenters. The number of amides is 1. The molecule has 0 saturated carbocycles. The fraction of sp³-hybridized carbons (Fsp3) is 0.176. The monoisotopic (exact) mass is 341 g/mol. The Balaban J connectivity index is 1.66. The van der Waals surface area contributed by atoms with Gasteiger partial charge in [-0.15, -0.1) is 10.2 Å². The van der Waals surface area contributed by atoms with Crippen molar-refractivity contribution >= 4 is 23.3 Å². The molecule has 0 aliphatic carbocycles. The van der Waals surface area contributed by atoms with E-state index in [-0.39, 0.29) is 17.5 Å². The Kier molecular flexibility index (Phi) is 4.57. The van der Waals surface area contributed by atoms with Crippen LogP contribution in [0.4, 0.5) is 5.82 Å². The van der Waals surface area contributed by atoms with Gasteiger partial charge in [-0.05, 0) is 49.7 Å². The number of carbonyl (C=O) groups excluding carboxylic acids is 1. The smallest absolute Gasteiger partial charge is 0.229 e. The van der Waals surface area contributed by atoms with Gasteiger partial charge in [-0.2, -0.15) is 5.10 Å². The summed E-state index contributed by atoms with van der Waals surface area (Å²) in [4.78, 5) is 12.0. The fourth-order valence-electron chi connectivity index (χ4n) is 2.40. The molecule has 122 valence electrons. The summed E-state index contributed by atoms with van der Waals surface area (Å²) >= 11 is 5.66. The number of nitrogens with zero attached hydrogens (tertiary/aromatic N) is 4. The Bertz CT molecular complexity index is 856. The first-order valence-electron chi connectivity index (χ1n) is 7.43. The highest BCUT2D eigenvalue weighted by Gasteiger charge is 2.07. The second kappa shape index (κ2) is 6.80. The largest absolute Gasteiger partial charge is 0.309 e. The van der Waals surface area contributed by atoms with Crippen LogP contribution in [0, 0.1) is 13.8 Å². The van der Waals surface area contributed by atoms with Crippen LogP contribution in [0.1, 0.15) is 17.0 Å². The van der Waals surface area contributed by atoms with Crippen LogP contribution in [0.3, 0.4) is 0 Å². The molecule has 0 fully saturated rings. The van der Waals surface area contributed by atoms with Crippen LogP contribution in [0.15, 0.2) is 42.5 Å². The van der Waals surface area contributed by atoms with Crippen LogP contribution in [-0.2, 0) is 11.2 Å². The molecule has 0 unspecified atom stereocenters. The van der Waals surface area contributed by atoms with Crippen LogP contribution in [0.5, 0.6) is 0 Å². The lowest BCUT2D eigenvalue weighted by molar-refractivity contribution is -0.115. The highest BCUT2D eigenvalue weighted by Crippen LogP contribution is 2.14. The number of benzene rings is 1. The zero-order valence-electron chi connectivity index (χ0n) is 13.3. The Morgan fingerprint density at radius 1 is 1.12 bits per heavy atom. The zero-order chi connectivity index (χ0) is 17.1. The lowest BCUT2D eigenvalue weighted by atomic mass is 10.1. The van der Waals surface area contributed by atoms with Crippen molar-refractivity contribution in [3.05, 3.63) is 64.6 Å². The first-order chi connectivity index (χ1) is 11.5. The predicted molar refractivity (Wildman–Crippen MR) is 92.4 cm³/mol. The molecular formula is C17H16ClN5O. The molecule has 1 amide bonds. The summed E-state index contributed by atoms with van der Waals surface area (Å²) in [5, 5.41) is 14.9. The van der Waals surface area contributed by atoms with E-state index >= 15 is 0 Å². The van der Waals surface area contributed by atoms with Gasteiger partial charge < -0.3 is 5.32 Å². The Labute approximate surface area is 144 Å². The molecule has 0 saturated heterocycles. The van der Waals surface area contributed by atoms with Crippen molar-refractivity contribution in [2.45, 2.75) is 20.3 Å². The molecular weight excluding hydrogens is 326 g/mol. The van der Waals surface area contributed by atoms with E-state index in [4.69, 9.17) is 11.6 Å². The van der Waals surface area contributed by atoms with E-state index in [1.165, 1.54) is 0 Å². The van der Waals surface area contributed by atoms with Crippen molar-refractivity contribution in [2.75, 3.05) is 5.32 Å². The van der Waals surface area contributed by atoms with Gasteiger partial charge in [0.25, 0.3) is 0 Å². The maximum Gasteiger partial charge on any atom is 0.229 e. The molecule has 0 spiro atoms. The zero-order valence-corrected chi connectivity index (χ0v) is 14.1. The minimum absolute atomic E-state index is 0.162. The van der Waals surface area contributed by atoms with Gasteiger partial charge in [0.15, 0.2) is 11.0 Å². The predicted octanol–water partition coefficient (Wildman–Crippen LogP) is 3.11. The van der Waals surface area contributed by atoms with Gasteiger partial charge in [0, 0.05) is 5.69 Å². The van der Waals surface area contributed by atoms with Gasteiger partial charge in [0.05, 0.1) is 17.8 Å². The van der Waals surface area contributed by atoms with Crippen molar-refractivity contribution < 1.29 is 4.79 Å². The Morgan fingerprint density at radius 3 is 2.46 bits per heavy atom. The number of aryl methyl sites for hydroxylation is 2. The average Bonchev–Trinajstić information content (AvgIpc) is 2.89. The molecule has 3 rings (SSSR count). The highest BCUT2D eigenvalue weighted by molar-refractivity contribution is 6.29. The first-order valence-corrected chi connectivity index (χ1v) is 7.81. The van der Waals surface area contributed by atoms with E-state index in [0.717, 1.165) is 22.6 Å². The van der Waals surface area contributed by atoms with E-state index in [1.807, 2.05) is 48.9 Å². The second-order valence-electron chi connectivity index (χ2n) is 5.47. The summed E-state index contributed by atoms with van der Waals surface area (Å²) in [7, 11) is 0. The number of anilines is 1. The molecule has 3 aromatic rings. The summed E-state index contributed by atoms with van der Waals surface area (Å²) in [6.45, 7) is 3.97. The summed E-state index contributed by atoms with van der Waals surface area (Å²) in [5.74, 6) is 0.217. The van der Waals surface area contributed by atoms with Crippen LogP contribution < -0.4 is 5.32 Å². The maximum atomic E-state index is 12.0. The van der Waals surface area contributed by atoms with Gasteiger partial charge in [-0.1, -0.05) is 23.7 Å². The molecule has 24 heavy (non-hydrogen) atoms. The van der Waals surface area contributed by atoms with E-state index in [2.05, 4.69) is 20.6 Å². The van der Waals surface area contributed by atoms with Gasteiger partial charge in [0.1, 0.15) is 0 Å². The third-order valence-corrected chi connectivity index (χ3v) is 3.66. The summed E-state index contributed by atoms with van der Waals surface area (Å²) in [6, 6.07) is 12.9. The van der Waals surface area contributed by atoms with Crippen molar-refractivity contribution in [3.63, 3.8) is 0 Å². The number of hydrogen-bond donors (Lipinski definition) is 1. The fourth-order valence-corrected chi connectivity index (χ4v) is 2.50. The molecule has 1 aromatic carbocycles. The topological polar surface area (TPSA) is 72.7 Å². The Morgan fingerprint density at radius 2 is 1.88 bits per heavy atom. The molecule has 6 nitrogen and oxygen atoms in total. The number of halogens is 1. The number of carbonyl (C=O) groups is 1. The standard InChI is InChI=1S/C17H16ClN5O/c1-11-9-12(2)23(22-11)14-5-3-13(4-6-14)10-17(24)19-16-8-7-15(18)20-21-16/h3-9H,10H2,1-2H3,(H,19,21,24). The minimum Gasteiger partial charge on any atom is -0.309 e. The summed E-state index contributed by atoms with van der Waals surface area (Å²) in [6.07, 6.45) is 0.252. The quantitative estimate of drug-likeness (QED) is 0.791. The highest BCUT2D eigenvalue weighted by atomic mass is 35.5. The number of rotatable bonds is 4. The first kappa shape index (κ1) is 16.1. The van der Waals surface area contributed by atoms with Gasteiger partial charge in [0.2, 0.25) is 5.91 Å². The third kappa shape index (κ3) is 3.78. The van der Waals surface area contributed by atoms with Crippen LogP contribution in [0.2, 0.25) is 5.15 Å². The lowest BCUT2D eigenvalue weighted by Gasteiger charge is -2.07. The molecule has 2 heterocycles. The molecule has 0 bridgehead atoms. The van der Waals surface area contributed by atoms with Crippen molar-refractivity contribution in [2.24, 2.45) is 0 Å². The van der Waals surface area contributed by atoms with E-state index < -0.39 is 0 Å². The van der Waals surface area contributed by atoms with E-state index in [9.17, 15) is 4.79 Å². The van der Waals surface area contributed by atoms with Gasteiger partial charge >= 0.3 is 0 Å². The average molecular weight is 342 g/mol. The van der Waals surface area contributed by atoms with Crippen molar-refractivity contribution in [3.8, 4) is 5.69 Å². The molecule has 2 aromatic heterocycles. The van der Waals surface area contributed by atoms with Crippen molar-refractivity contribution in [1.29, 1.82) is 0 Å². The molecule has 0 aliphatic rings. The van der Waals surface area contributed by atoms with E-state index in [0.29, 0.717) is 5.82 Å². The second-order valence-corrected chi connectivity index (χ2v) is 5.86. The SMILES string of the molecule is Cc1cc(C)n(-c2ccc(CC(=O)Nc3ccc(Cl)nn3)cc2)n1. The maximum absolute atomic E-state index is 12.0. The minimum atomic E-state index is -0.162. The van der Waals surface area contributed by atoms with E-state index in [1.54, 1.807) is 12.1 Å². The number of aromatic nitrogens is 4. The van der Waals surface area contributed by atoms with Crippen LogP contribution >= 0.6 is 11.6 Å². The van der Waals surface area contributed by atoms with Gasteiger partial charge in [-0.3, -0.25) is 4.79 Å².